The molecule has 0 fully saturated rings. The fourth-order valence-corrected chi connectivity index (χ4v) is 2.76. The van der Waals surface area contributed by atoms with E-state index in [0.29, 0.717) is 11.4 Å². The fourth-order valence-electron chi connectivity index (χ4n) is 2.49. The second-order valence-electron chi connectivity index (χ2n) is 5.37. The molecule has 0 aliphatic rings. The Morgan fingerprint density at radius 3 is 2.60 bits per heavy atom. The first-order valence-electron chi connectivity index (χ1n) is 7.63. The Hall–Kier alpha value is -2.67. The second kappa shape index (κ2) is 7.48. The third-order valence-electron chi connectivity index (χ3n) is 3.76. The van der Waals surface area contributed by atoms with Crippen molar-refractivity contribution < 1.29 is 14.3 Å². The maximum Gasteiger partial charge on any atom is 0.325 e. The van der Waals surface area contributed by atoms with Crippen LogP contribution in [0.2, 0.25) is 0 Å². The number of aromatic nitrogens is 2. The summed E-state index contributed by atoms with van der Waals surface area (Å²) in [5.41, 5.74) is 2.14. The van der Waals surface area contributed by atoms with Gasteiger partial charge in [0.15, 0.2) is 0 Å². The number of rotatable bonds is 5. The summed E-state index contributed by atoms with van der Waals surface area (Å²) in [5, 5.41) is 2.84. The third kappa shape index (κ3) is 3.88. The number of esters is 1. The number of hydrogen-bond acceptors (Lipinski definition) is 4. The van der Waals surface area contributed by atoms with Gasteiger partial charge in [-0.15, -0.1) is 0 Å². The fraction of sp³-hybridized carbons (Fsp3) is 0.167. The van der Waals surface area contributed by atoms with Gasteiger partial charge in [-0.2, -0.15) is 0 Å². The zero-order chi connectivity index (χ0) is 17.8. The molecule has 128 valence electrons. The van der Waals surface area contributed by atoms with Gasteiger partial charge >= 0.3 is 5.97 Å². The van der Waals surface area contributed by atoms with E-state index >= 15 is 0 Å². The first-order valence-corrected chi connectivity index (χ1v) is 8.42. The van der Waals surface area contributed by atoms with E-state index in [1.807, 2.05) is 24.3 Å². The highest BCUT2D eigenvalue weighted by molar-refractivity contribution is 9.10. The van der Waals surface area contributed by atoms with Gasteiger partial charge in [0.2, 0.25) is 0 Å². The summed E-state index contributed by atoms with van der Waals surface area (Å²) in [6.45, 7) is 0.251. The minimum atomic E-state index is -0.372. The molecule has 7 heteroatoms. The summed E-state index contributed by atoms with van der Waals surface area (Å²) in [6.07, 6.45) is 0. The van der Waals surface area contributed by atoms with Crippen LogP contribution in [0.4, 0.5) is 0 Å². The zero-order valence-corrected chi connectivity index (χ0v) is 15.1. The Morgan fingerprint density at radius 2 is 1.88 bits per heavy atom. The number of nitrogens with zero attached hydrogens (tertiary/aromatic N) is 2. The first-order chi connectivity index (χ1) is 12.1. The molecule has 0 bridgehead atoms. The quantitative estimate of drug-likeness (QED) is 0.667. The van der Waals surface area contributed by atoms with Crippen molar-refractivity contribution in [2.24, 2.45) is 0 Å². The molecule has 0 unspecified atom stereocenters. The van der Waals surface area contributed by atoms with E-state index in [4.69, 9.17) is 4.74 Å². The van der Waals surface area contributed by atoms with Gasteiger partial charge in [-0.1, -0.05) is 28.1 Å². The largest absolute Gasteiger partial charge is 0.468 e. The summed E-state index contributed by atoms with van der Waals surface area (Å²) in [7, 11) is 1.34. The van der Waals surface area contributed by atoms with Crippen molar-refractivity contribution >= 4 is 38.8 Å². The van der Waals surface area contributed by atoms with Gasteiger partial charge in [0.05, 0.1) is 24.7 Å². The average Bonchev–Trinajstić information content (AvgIpc) is 2.98. The van der Waals surface area contributed by atoms with Crippen LogP contribution in [-0.4, -0.2) is 28.5 Å². The standard InChI is InChI=1S/C18H16BrN3O3/c1-25-17(23)11-22-15-5-3-2-4-14(15)21-16(22)10-20-18(24)12-6-8-13(19)9-7-12/h2-9H,10-11H2,1H3,(H,20,24). The summed E-state index contributed by atoms with van der Waals surface area (Å²) < 4.78 is 7.41. The van der Waals surface area contributed by atoms with Crippen LogP contribution in [-0.2, 0) is 22.6 Å². The Balaban J connectivity index is 1.82. The third-order valence-corrected chi connectivity index (χ3v) is 4.29. The monoisotopic (exact) mass is 401 g/mol. The lowest BCUT2D eigenvalue weighted by Gasteiger charge is -2.09. The Bertz CT molecular complexity index is 919. The molecule has 6 nitrogen and oxygen atoms in total. The van der Waals surface area contributed by atoms with Gasteiger partial charge in [0.25, 0.3) is 5.91 Å². The van der Waals surface area contributed by atoms with Crippen LogP contribution in [0.15, 0.2) is 53.0 Å². The summed E-state index contributed by atoms with van der Waals surface area (Å²) in [6, 6.07) is 14.6. The van der Waals surface area contributed by atoms with E-state index in [2.05, 4.69) is 26.2 Å². The van der Waals surface area contributed by atoms with E-state index in [0.717, 1.165) is 15.5 Å². The molecule has 3 rings (SSSR count). The molecule has 0 aliphatic carbocycles. The van der Waals surface area contributed by atoms with E-state index in [1.165, 1.54) is 7.11 Å². The molecule has 0 atom stereocenters. The molecule has 1 amide bonds. The highest BCUT2D eigenvalue weighted by Crippen LogP contribution is 2.16. The lowest BCUT2D eigenvalue weighted by atomic mass is 10.2. The van der Waals surface area contributed by atoms with E-state index in [9.17, 15) is 9.59 Å². The molecule has 2 aromatic carbocycles. The van der Waals surface area contributed by atoms with Crippen molar-refractivity contribution in [3.8, 4) is 0 Å². The molecular formula is C18H16BrN3O3. The van der Waals surface area contributed by atoms with Crippen molar-refractivity contribution in [3.63, 3.8) is 0 Å². The highest BCUT2D eigenvalue weighted by Gasteiger charge is 2.15. The molecule has 0 saturated carbocycles. The molecule has 1 heterocycles. The molecule has 0 saturated heterocycles. The number of methoxy groups -OCH3 is 1. The van der Waals surface area contributed by atoms with Crippen LogP contribution in [0.5, 0.6) is 0 Å². The van der Waals surface area contributed by atoms with Crippen molar-refractivity contribution in [1.82, 2.24) is 14.9 Å². The number of amides is 1. The van der Waals surface area contributed by atoms with E-state index < -0.39 is 0 Å². The normalized spacial score (nSPS) is 10.6. The van der Waals surface area contributed by atoms with Gasteiger partial charge in [-0.05, 0) is 36.4 Å². The topological polar surface area (TPSA) is 73.2 Å². The first kappa shape index (κ1) is 17.2. The summed E-state index contributed by atoms with van der Waals surface area (Å²) in [5.74, 6) is 0.0184. The minimum absolute atomic E-state index is 0.0422. The molecule has 0 spiro atoms. The minimum Gasteiger partial charge on any atom is -0.468 e. The number of benzene rings is 2. The number of fused-ring (bicyclic) bond motifs is 1. The van der Waals surface area contributed by atoms with Crippen LogP contribution in [0.25, 0.3) is 11.0 Å². The molecule has 1 N–H and O–H groups in total. The van der Waals surface area contributed by atoms with Crippen LogP contribution >= 0.6 is 15.9 Å². The Morgan fingerprint density at radius 1 is 1.16 bits per heavy atom. The van der Waals surface area contributed by atoms with Crippen LogP contribution in [0.3, 0.4) is 0 Å². The lowest BCUT2D eigenvalue weighted by molar-refractivity contribution is -0.141. The number of hydrogen-bond donors (Lipinski definition) is 1. The summed E-state index contributed by atoms with van der Waals surface area (Å²) in [4.78, 5) is 28.5. The molecule has 25 heavy (non-hydrogen) atoms. The molecule has 0 aliphatic heterocycles. The predicted molar refractivity (Wildman–Crippen MR) is 97.1 cm³/mol. The van der Waals surface area contributed by atoms with Gasteiger partial charge in [0, 0.05) is 10.0 Å². The number of carbonyl (C=O) groups is 2. The maximum absolute atomic E-state index is 12.3. The van der Waals surface area contributed by atoms with Crippen molar-refractivity contribution in [3.05, 3.63) is 64.4 Å². The van der Waals surface area contributed by atoms with Crippen LogP contribution < -0.4 is 5.32 Å². The SMILES string of the molecule is COC(=O)Cn1c(CNC(=O)c2ccc(Br)cc2)nc2ccccc21. The number of para-hydroxylation sites is 2. The lowest BCUT2D eigenvalue weighted by Crippen LogP contribution is -2.25. The van der Waals surface area contributed by atoms with Crippen molar-refractivity contribution in [1.29, 1.82) is 0 Å². The van der Waals surface area contributed by atoms with Gasteiger partial charge in [-0.3, -0.25) is 9.59 Å². The molecule has 0 radical (unpaired) electrons. The van der Waals surface area contributed by atoms with Gasteiger partial charge in [-0.25, -0.2) is 4.98 Å². The highest BCUT2D eigenvalue weighted by atomic mass is 79.9. The van der Waals surface area contributed by atoms with Crippen molar-refractivity contribution in [2.45, 2.75) is 13.1 Å². The zero-order valence-electron chi connectivity index (χ0n) is 13.5. The Labute approximate surface area is 152 Å². The Kier molecular flexibility index (Phi) is 5.14. The predicted octanol–water partition coefficient (Wildman–Crippen LogP) is 2.90. The number of carbonyl (C=O) groups excluding carboxylic acids is 2. The molecule has 3 aromatic rings. The maximum atomic E-state index is 12.3. The number of imidazole rings is 1. The number of ether oxygens (including phenoxy) is 1. The van der Waals surface area contributed by atoms with Gasteiger partial charge in [0.1, 0.15) is 12.4 Å². The number of halogens is 1. The average molecular weight is 402 g/mol. The molecule has 1 aromatic heterocycles. The van der Waals surface area contributed by atoms with Crippen LogP contribution in [0, 0.1) is 0 Å². The summed E-state index contributed by atoms with van der Waals surface area (Å²) >= 11 is 3.34. The molecular weight excluding hydrogens is 386 g/mol. The van der Waals surface area contributed by atoms with Crippen molar-refractivity contribution in [2.75, 3.05) is 7.11 Å². The smallest absolute Gasteiger partial charge is 0.325 e. The van der Waals surface area contributed by atoms with Gasteiger partial charge < -0.3 is 14.6 Å². The second-order valence-corrected chi connectivity index (χ2v) is 6.28. The van der Waals surface area contributed by atoms with E-state index in [-0.39, 0.29) is 25.0 Å². The van der Waals surface area contributed by atoms with E-state index in [1.54, 1.807) is 28.8 Å². The number of nitrogens with one attached hydrogen (secondary N) is 1. The van der Waals surface area contributed by atoms with Crippen LogP contribution in [0.1, 0.15) is 16.2 Å².